The Balaban J connectivity index is 1.55. The normalized spacial score (nSPS) is 16.0. The number of anilines is 2. The maximum Gasteiger partial charge on any atom is 0.242 e. The van der Waals surface area contributed by atoms with Crippen molar-refractivity contribution in [2.45, 2.75) is 13.0 Å². The Kier molecular flexibility index (Phi) is 5.76. The van der Waals surface area contributed by atoms with Crippen LogP contribution < -0.4 is 15.0 Å². The summed E-state index contributed by atoms with van der Waals surface area (Å²) in [5, 5.41) is 14.4. The highest BCUT2D eigenvalue weighted by Crippen LogP contribution is 2.24. The molecule has 2 aromatic rings. The molecule has 1 aromatic heterocycles. The Bertz CT molecular complexity index is 789. The molecule has 1 aliphatic rings. The summed E-state index contributed by atoms with van der Waals surface area (Å²) in [4.78, 5) is 17.0. The van der Waals surface area contributed by atoms with Gasteiger partial charge in [-0.3, -0.25) is 9.69 Å². The van der Waals surface area contributed by atoms with Crippen molar-refractivity contribution in [3.8, 4) is 11.8 Å². The Labute approximate surface area is 157 Å². The lowest BCUT2D eigenvalue weighted by Crippen LogP contribution is -2.52. The van der Waals surface area contributed by atoms with Gasteiger partial charge in [0.1, 0.15) is 16.8 Å². The first-order valence-corrected chi connectivity index (χ1v) is 9.42. The zero-order valence-electron chi connectivity index (χ0n) is 14.9. The van der Waals surface area contributed by atoms with E-state index in [9.17, 15) is 4.79 Å². The number of methoxy groups -OCH3 is 1. The highest BCUT2D eigenvalue weighted by atomic mass is 32.1. The number of carbonyl (C=O) groups excluding carboxylic acids is 1. The fourth-order valence-electron chi connectivity index (χ4n) is 3.04. The van der Waals surface area contributed by atoms with Crippen molar-refractivity contribution in [2.24, 2.45) is 0 Å². The van der Waals surface area contributed by atoms with Crippen LogP contribution in [0.5, 0.6) is 5.75 Å². The summed E-state index contributed by atoms with van der Waals surface area (Å²) in [6, 6.07) is 11.6. The standard InChI is InChI=1S/C19H22N4O2S/c1-14(18(24)21-19-15(13-20)7-12-26-19)22-8-10-23(11-9-22)16-3-5-17(25-2)6-4-16/h3-7,12,14H,8-11H2,1-2H3,(H,21,24)/t14-/m0/s1. The number of hydrogen-bond acceptors (Lipinski definition) is 6. The van der Waals surface area contributed by atoms with Gasteiger partial charge in [0.25, 0.3) is 0 Å². The van der Waals surface area contributed by atoms with Crippen molar-refractivity contribution in [1.29, 1.82) is 5.26 Å². The average Bonchev–Trinajstić information content (AvgIpc) is 3.14. The van der Waals surface area contributed by atoms with Crippen molar-refractivity contribution in [3.05, 3.63) is 41.3 Å². The monoisotopic (exact) mass is 370 g/mol. The van der Waals surface area contributed by atoms with Crippen LogP contribution in [-0.4, -0.2) is 50.1 Å². The topological polar surface area (TPSA) is 68.6 Å². The molecule has 0 saturated carbocycles. The Morgan fingerprint density at radius 2 is 1.92 bits per heavy atom. The molecular weight excluding hydrogens is 348 g/mol. The summed E-state index contributed by atoms with van der Waals surface area (Å²) in [5.41, 5.74) is 1.68. The number of nitrogens with one attached hydrogen (secondary N) is 1. The average molecular weight is 370 g/mol. The first kappa shape index (κ1) is 18.2. The summed E-state index contributed by atoms with van der Waals surface area (Å²) in [7, 11) is 1.66. The van der Waals surface area contributed by atoms with Crippen molar-refractivity contribution in [2.75, 3.05) is 43.5 Å². The third-order valence-electron chi connectivity index (χ3n) is 4.70. The van der Waals surface area contributed by atoms with Gasteiger partial charge in [-0.15, -0.1) is 11.3 Å². The summed E-state index contributed by atoms with van der Waals surface area (Å²) < 4.78 is 5.20. The Morgan fingerprint density at radius 1 is 1.23 bits per heavy atom. The Hall–Kier alpha value is -2.56. The van der Waals surface area contributed by atoms with Crippen LogP contribution in [0, 0.1) is 11.3 Å². The molecule has 6 nitrogen and oxygen atoms in total. The molecule has 1 saturated heterocycles. The lowest BCUT2D eigenvalue weighted by molar-refractivity contribution is -0.120. The lowest BCUT2D eigenvalue weighted by Gasteiger charge is -2.38. The largest absolute Gasteiger partial charge is 0.497 e. The number of benzene rings is 1. The predicted molar refractivity (Wildman–Crippen MR) is 104 cm³/mol. The second kappa shape index (κ2) is 8.21. The highest BCUT2D eigenvalue weighted by Gasteiger charge is 2.26. The van der Waals surface area contributed by atoms with Crippen LogP contribution in [0.3, 0.4) is 0 Å². The van der Waals surface area contributed by atoms with Crippen molar-refractivity contribution in [1.82, 2.24) is 4.90 Å². The van der Waals surface area contributed by atoms with E-state index in [1.54, 1.807) is 13.2 Å². The molecule has 0 radical (unpaired) electrons. The molecule has 0 unspecified atom stereocenters. The van der Waals surface area contributed by atoms with Crippen LogP contribution >= 0.6 is 11.3 Å². The molecule has 2 heterocycles. The van der Waals surface area contributed by atoms with E-state index in [1.807, 2.05) is 24.4 Å². The summed E-state index contributed by atoms with van der Waals surface area (Å²) >= 11 is 1.38. The number of nitriles is 1. The van der Waals surface area contributed by atoms with E-state index in [0.29, 0.717) is 10.6 Å². The molecule has 1 N–H and O–H groups in total. The number of amides is 1. The van der Waals surface area contributed by atoms with Crippen LogP contribution in [-0.2, 0) is 4.79 Å². The van der Waals surface area contributed by atoms with Gasteiger partial charge < -0.3 is 15.0 Å². The van der Waals surface area contributed by atoms with Gasteiger partial charge in [0, 0.05) is 31.9 Å². The van der Waals surface area contributed by atoms with E-state index in [-0.39, 0.29) is 11.9 Å². The first-order valence-electron chi connectivity index (χ1n) is 8.54. The SMILES string of the molecule is COc1ccc(N2CCN([C@@H](C)C(=O)Nc3sccc3C#N)CC2)cc1. The molecule has 136 valence electrons. The van der Waals surface area contributed by atoms with Gasteiger partial charge in [0.15, 0.2) is 0 Å². The molecule has 1 atom stereocenters. The summed E-state index contributed by atoms with van der Waals surface area (Å²) in [6.07, 6.45) is 0. The fourth-order valence-corrected chi connectivity index (χ4v) is 3.78. The van der Waals surface area contributed by atoms with Gasteiger partial charge in [-0.2, -0.15) is 5.26 Å². The van der Waals surface area contributed by atoms with Crippen LogP contribution in [0.15, 0.2) is 35.7 Å². The fraction of sp³-hybridized carbons (Fsp3) is 0.368. The van der Waals surface area contributed by atoms with Crippen LogP contribution in [0.1, 0.15) is 12.5 Å². The number of piperazine rings is 1. The maximum absolute atomic E-state index is 12.5. The van der Waals surface area contributed by atoms with E-state index in [1.165, 1.54) is 17.0 Å². The zero-order chi connectivity index (χ0) is 18.5. The summed E-state index contributed by atoms with van der Waals surface area (Å²) in [5.74, 6) is 0.782. The van der Waals surface area contributed by atoms with Crippen molar-refractivity contribution >= 4 is 27.9 Å². The highest BCUT2D eigenvalue weighted by molar-refractivity contribution is 7.14. The van der Waals surface area contributed by atoms with E-state index in [0.717, 1.165) is 31.9 Å². The molecule has 3 rings (SSSR count). The van der Waals surface area contributed by atoms with Gasteiger partial charge in [0.05, 0.1) is 18.7 Å². The van der Waals surface area contributed by atoms with Gasteiger partial charge >= 0.3 is 0 Å². The van der Waals surface area contributed by atoms with E-state index < -0.39 is 0 Å². The molecule has 7 heteroatoms. The number of hydrogen-bond donors (Lipinski definition) is 1. The van der Waals surface area contributed by atoms with Gasteiger partial charge in [-0.1, -0.05) is 0 Å². The third kappa shape index (κ3) is 3.98. The lowest BCUT2D eigenvalue weighted by atomic mass is 10.2. The van der Waals surface area contributed by atoms with Crippen LogP contribution in [0.4, 0.5) is 10.7 Å². The molecular formula is C19H22N4O2S. The maximum atomic E-state index is 12.5. The minimum absolute atomic E-state index is 0.0677. The molecule has 1 aromatic carbocycles. The minimum Gasteiger partial charge on any atom is -0.497 e. The van der Waals surface area contributed by atoms with Gasteiger partial charge in [-0.05, 0) is 42.6 Å². The second-order valence-electron chi connectivity index (χ2n) is 6.16. The smallest absolute Gasteiger partial charge is 0.242 e. The molecule has 0 bridgehead atoms. The number of nitrogens with zero attached hydrogens (tertiary/aromatic N) is 3. The van der Waals surface area contributed by atoms with Gasteiger partial charge in [0.2, 0.25) is 5.91 Å². The van der Waals surface area contributed by atoms with E-state index in [2.05, 4.69) is 33.3 Å². The third-order valence-corrected chi connectivity index (χ3v) is 5.53. The molecule has 0 aliphatic carbocycles. The van der Waals surface area contributed by atoms with E-state index >= 15 is 0 Å². The second-order valence-corrected chi connectivity index (χ2v) is 7.08. The summed E-state index contributed by atoms with van der Waals surface area (Å²) in [6.45, 7) is 5.28. The van der Waals surface area contributed by atoms with Crippen molar-refractivity contribution in [3.63, 3.8) is 0 Å². The van der Waals surface area contributed by atoms with Crippen LogP contribution in [0.2, 0.25) is 0 Å². The minimum atomic E-state index is -0.235. The zero-order valence-corrected chi connectivity index (χ0v) is 15.8. The molecule has 1 amide bonds. The molecule has 26 heavy (non-hydrogen) atoms. The van der Waals surface area contributed by atoms with Gasteiger partial charge in [-0.25, -0.2) is 0 Å². The first-order chi connectivity index (χ1) is 12.6. The quantitative estimate of drug-likeness (QED) is 0.876. The van der Waals surface area contributed by atoms with Crippen molar-refractivity contribution < 1.29 is 9.53 Å². The molecule has 0 spiro atoms. The number of rotatable bonds is 5. The molecule has 1 aliphatic heterocycles. The molecule has 1 fully saturated rings. The number of carbonyl (C=O) groups is 1. The Morgan fingerprint density at radius 3 is 2.54 bits per heavy atom. The van der Waals surface area contributed by atoms with E-state index in [4.69, 9.17) is 10.00 Å². The van der Waals surface area contributed by atoms with Crippen LogP contribution in [0.25, 0.3) is 0 Å². The number of ether oxygens (including phenoxy) is 1. The predicted octanol–water partition coefficient (Wildman–Crippen LogP) is 2.78. The number of thiophene rings is 1.